The summed E-state index contributed by atoms with van der Waals surface area (Å²) in [5.41, 5.74) is 0. The van der Waals surface area contributed by atoms with Crippen LogP contribution in [0.2, 0.25) is 0 Å². The Morgan fingerprint density at radius 1 is 0.565 bits per heavy atom. The maximum atomic E-state index is 12.5. The zero-order valence-electron chi connectivity index (χ0n) is 30.2. The maximum Gasteiger partial charge on any atom is 0.267 e. The highest BCUT2D eigenvalue weighted by molar-refractivity contribution is 7.85. The molecule has 0 aliphatic heterocycles. The number of rotatable bonds is 35. The van der Waals surface area contributed by atoms with Crippen LogP contribution in [0.4, 0.5) is 0 Å². The van der Waals surface area contributed by atoms with E-state index in [2.05, 4.69) is 31.3 Å². The number of nitrogens with one attached hydrogen (secondary N) is 1. The number of hydrogen-bond acceptors (Lipinski definition) is 4. The van der Waals surface area contributed by atoms with Crippen LogP contribution in [0.3, 0.4) is 0 Å². The molecule has 2 atom stereocenters. The van der Waals surface area contributed by atoms with E-state index in [0.29, 0.717) is 6.42 Å². The SMILES string of the molecule is CCCCCCCCC/C=C/CC/C=C/C(O)C(CS(=O)(=O)O)NC(=O)CCCCCCCCCCCCCCCCCCCC. The molecule has 0 spiro atoms. The summed E-state index contributed by atoms with van der Waals surface area (Å²) in [6, 6.07) is -1.07. The van der Waals surface area contributed by atoms with Gasteiger partial charge in [0.1, 0.15) is 0 Å². The lowest BCUT2D eigenvalue weighted by molar-refractivity contribution is -0.122. The summed E-state index contributed by atoms with van der Waals surface area (Å²) in [5, 5.41) is 13.2. The lowest BCUT2D eigenvalue weighted by Crippen LogP contribution is -2.46. The molecular weight excluding hydrogens is 594 g/mol. The van der Waals surface area contributed by atoms with Crippen LogP contribution in [-0.2, 0) is 14.9 Å². The predicted molar refractivity (Wildman–Crippen MR) is 198 cm³/mol. The average molecular weight is 670 g/mol. The monoisotopic (exact) mass is 670 g/mol. The highest BCUT2D eigenvalue weighted by Gasteiger charge is 2.24. The summed E-state index contributed by atoms with van der Waals surface area (Å²) < 4.78 is 32.4. The second kappa shape index (κ2) is 33.7. The van der Waals surface area contributed by atoms with Crippen LogP contribution < -0.4 is 5.32 Å². The molecule has 0 aromatic heterocycles. The van der Waals surface area contributed by atoms with Gasteiger partial charge in [-0.1, -0.05) is 186 Å². The summed E-state index contributed by atoms with van der Waals surface area (Å²) in [6.45, 7) is 4.51. The first-order chi connectivity index (χ1) is 22.3. The molecule has 0 saturated heterocycles. The summed E-state index contributed by atoms with van der Waals surface area (Å²) in [4.78, 5) is 12.5. The van der Waals surface area contributed by atoms with Gasteiger partial charge in [-0.3, -0.25) is 9.35 Å². The van der Waals surface area contributed by atoms with Crippen LogP contribution in [0.5, 0.6) is 0 Å². The molecule has 2 unspecified atom stereocenters. The number of carbonyl (C=O) groups excluding carboxylic acids is 1. The van der Waals surface area contributed by atoms with Gasteiger partial charge < -0.3 is 10.4 Å². The highest BCUT2D eigenvalue weighted by atomic mass is 32.2. The van der Waals surface area contributed by atoms with Crippen LogP contribution in [0, 0.1) is 0 Å². The Morgan fingerprint density at radius 3 is 1.37 bits per heavy atom. The first-order valence-corrected chi connectivity index (χ1v) is 21.1. The average Bonchev–Trinajstić information content (AvgIpc) is 3.01. The van der Waals surface area contributed by atoms with Crippen molar-refractivity contribution in [1.82, 2.24) is 5.32 Å². The van der Waals surface area contributed by atoms with Crippen molar-refractivity contribution in [2.24, 2.45) is 0 Å². The van der Waals surface area contributed by atoms with Gasteiger partial charge in [0.15, 0.2) is 0 Å². The highest BCUT2D eigenvalue weighted by Crippen LogP contribution is 2.15. The fraction of sp³-hybridized carbons (Fsp3) is 0.872. The lowest BCUT2D eigenvalue weighted by Gasteiger charge is -2.21. The smallest absolute Gasteiger partial charge is 0.267 e. The zero-order valence-corrected chi connectivity index (χ0v) is 31.0. The second-order valence-corrected chi connectivity index (χ2v) is 15.1. The predicted octanol–water partition coefficient (Wildman–Crippen LogP) is 11.2. The minimum atomic E-state index is -4.34. The Balaban J connectivity index is 3.93. The minimum absolute atomic E-state index is 0.286. The van der Waals surface area contributed by atoms with Crippen molar-refractivity contribution in [3.8, 4) is 0 Å². The van der Waals surface area contributed by atoms with Gasteiger partial charge in [0.05, 0.1) is 17.9 Å². The standard InChI is InChI=1S/C39H75NO5S/c1-3-5-7-9-11-13-15-17-18-19-20-21-23-25-27-29-31-33-35-39(42)40-37(36-46(43,44)45)38(41)34-32-30-28-26-24-22-16-14-12-10-8-6-4-2/h24,26,32,34,37-38,41H,3-23,25,27-31,33,35-36H2,1-2H3,(H,40,42)(H,43,44,45)/b26-24+,34-32+. The van der Waals surface area contributed by atoms with Crippen molar-refractivity contribution in [2.75, 3.05) is 5.75 Å². The van der Waals surface area contributed by atoms with Crippen LogP contribution in [0.25, 0.3) is 0 Å². The molecule has 7 heteroatoms. The summed E-state index contributed by atoms with van der Waals surface area (Å²) >= 11 is 0. The fourth-order valence-electron chi connectivity index (χ4n) is 5.94. The van der Waals surface area contributed by atoms with E-state index in [1.165, 1.54) is 147 Å². The van der Waals surface area contributed by atoms with Crippen molar-refractivity contribution < 1.29 is 22.9 Å². The Labute approximate surface area is 285 Å². The van der Waals surface area contributed by atoms with Crippen molar-refractivity contribution in [3.63, 3.8) is 0 Å². The van der Waals surface area contributed by atoms with Crippen LogP contribution >= 0.6 is 0 Å². The number of aliphatic hydroxyl groups is 1. The van der Waals surface area contributed by atoms with Crippen LogP contribution in [0.1, 0.15) is 200 Å². The van der Waals surface area contributed by atoms with E-state index >= 15 is 0 Å². The summed E-state index contributed by atoms with van der Waals surface area (Å²) in [5.74, 6) is -0.993. The van der Waals surface area contributed by atoms with E-state index < -0.39 is 28.0 Å². The van der Waals surface area contributed by atoms with Crippen LogP contribution in [-0.4, -0.2) is 41.9 Å². The minimum Gasteiger partial charge on any atom is -0.387 e. The van der Waals surface area contributed by atoms with E-state index in [0.717, 1.165) is 38.5 Å². The van der Waals surface area contributed by atoms with Gasteiger partial charge in [-0.25, -0.2) is 0 Å². The van der Waals surface area contributed by atoms with Gasteiger partial charge in [0.2, 0.25) is 5.91 Å². The van der Waals surface area contributed by atoms with Gasteiger partial charge in [0.25, 0.3) is 10.1 Å². The molecule has 0 radical (unpaired) electrons. The van der Waals surface area contributed by atoms with Crippen molar-refractivity contribution in [3.05, 3.63) is 24.3 Å². The fourth-order valence-corrected chi connectivity index (χ4v) is 6.67. The molecule has 0 saturated carbocycles. The number of aliphatic hydroxyl groups excluding tert-OH is 1. The third-order valence-corrected chi connectivity index (χ3v) is 9.66. The number of allylic oxidation sites excluding steroid dienone is 3. The second-order valence-electron chi connectivity index (χ2n) is 13.6. The van der Waals surface area contributed by atoms with E-state index in [-0.39, 0.29) is 5.91 Å². The Morgan fingerprint density at radius 2 is 0.935 bits per heavy atom. The molecule has 0 aromatic carbocycles. The van der Waals surface area contributed by atoms with Crippen molar-refractivity contribution in [2.45, 2.75) is 212 Å². The number of carbonyl (C=O) groups is 1. The largest absolute Gasteiger partial charge is 0.387 e. The van der Waals surface area contributed by atoms with E-state index in [1.54, 1.807) is 0 Å². The van der Waals surface area contributed by atoms with E-state index in [4.69, 9.17) is 0 Å². The first kappa shape index (κ1) is 44.8. The zero-order chi connectivity index (χ0) is 34.0. The van der Waals surface area contributed by atoms with Gasteiger partial charge in [0, 0.05) is 6.42 Å². The number of unbranched alkanes of at least 4 members (excludes halogenated alkanes) is 25. The molecule has 0 rings (SSSR count). The molecule has 0 fully saturated rings. The van der Waals surface area contributed by atoms with E-state index in [1.807, 2.05) is 6.08 Å². The number of amides is 1. The van der Waals surface area contributed by atoms with Crippen molar-refractivity contribution in [1.29, 1.82) is 0 Å². The van der Waals surface area contributed by atoms with Gasteiger partial charge in [-0.2, -0.15) is 8.42 Å². The molecule has 0 aliphatic rings. The third kappa shape index (κ3) is 34.2. The van der Waals surface area contributed by atoms with Gasteiger partial charge >= 0.3 is 0 Å². The Kier molecular flexibility index (Phi) is 32.8. The molecule has 0 aromatic rings. The molecule has 0 bridgehead atoms. The van der Waals surface area contributed by atoms with E-state index in [9.17, 15) is 22.9 Å². The quantitative estimate of drug-likeness (QED) is 0.0354. The maximum absolute atomic E-state index is 12.5. The molecule has 1 amide bonds. The van der Waals surface area contributed by atoms with Crippen LogP contribution in [0.15, 0.2) is 24.3 Å². The molecule has 46 heavy (non-hydrogen) atoms. The third-order valence-electron chi connectivity index (χ3n) is 8.88. The molecule has 6 nitrogen and oxygen atoms in total. The lowest BCUT2D eigenvalue weighted by atomic mass is 10.0. The Hall–Kier alpha value is -1.18. The Bertz CT molecular complexity index is 826. The van der Waals surface area contributed by atoms with Gasteiger partial charge in [-0.05, 0) is 32.1 Å². The first-order valence-electron chi connectivity index (χ1n) is 19.5. The normalized spacial score (nSPS) is 13.6. The number of hydrogen-bond donors (Lipinski definition) is 3. The molecule has 3 N–H and O–H groups in total. The molecule has 272 valence electrons. The van der Waals surface area contributed by atoms with Crippen molar-refractivity contribution >= 4 is 16.0 Å². The molecule has 0 aliphatic carbocycles. The van der Waals surface area contributed by atoms with Gasteiger partial charge in [-0.15, -0.1) is 0 Å². The summed E-state index contributed by atoms with van der Waals surface area (Å²) in [7, 11) is -4.34. The topological polar surface area (TPSA) is 104 Å². The molecule has 0 heterocycles. The summed E-state index contributed by atoms with van der Waals surface area (Å²) in [6.07, 6.45) is 41.6. The molecular formula is C39H75NO5S.